The van der Waals surface area contributed by atoms with Gasteiger partial charge in [-0.25, -0.2) is 4.79 Å². The first-order valence-electron chi connectivity index (χ1n) is 12.2. The highest BCUT2D eigenvalue weighted by atomic mass is 32.1. The van der Waals surface area contributed by atoms with Crippen molar-refractivity contribution in [3.63, 3.8) is 0 Å². The molecule has 2 heterocycles. The van der Waals surface area contributed by atoms with Crippen LogP contribution in [0.2, 0.25) is 0 Å². The van der Waals surface area contributed by atoms with Crippen molar-refractivity contribution in [2.24, 2.45) is 11.8 Å². The van der Waals surface area contributed by atoms with Crippen molar-refractivity contribution in [2.75, 3.05) is 25.0 Å². The van der Waals surface area contributed by atoms with Crippen LogP contribution in [0.4, 0.5) is 5.69 Å². The maximum Gasteiger partial charge on any atom is 0.349 e. The summed E-state index contributed by atoms with van der Waals surface area (Å²) in [5.41, 5.74) is 1.41. The van der Waals surface area contributed by atoms with Gasteiger partial charge in [-0.2, -0.15) is 5.26 Å². The lowest BCUT2D eigenvalue weighted by atomic mass is 9.75. The molecule has 180 valence electrons. The van der Waals surface area contributed by atoms with Crippen molar-refractivity contribution in [2.45, 2.75) is 52.0 Å². The van der Waals surface area contributed by atoms with E-state index in [9.17, 15) is 20.0 Å². The number of benzene rings is 1. The van der Waals surface area contributed by atoms with E-state index in [-0.39, 0.29) is 10.2 Å². The summed E-state index contributed by atoms with van der Waals surface area (Å²) in [7, 11) is 0. The van der Waals surface area contributed by atoms with E-state index >= 15 is 0 Å². The molecule has 1 saturated heterocycles. The smallest absolute Gasteiger partial charge is 0.349 e. The molecule has 2 N–H and O–H groups in total. The van der Waals surface area contributed by atoms with Crippen molar-refractivity contribution >= 4 is 34.8 Å². The van der Waals surface area contributed by atoms with Gasteiger partial charge in [0.2, 0.25) is 0 Å². The highest BCUT2D eigenvalue weighted by Gasteiger charge is 2.30. The van der Waals surface area contributed by atoms with E-state index in [1.807, 2.05) is 12.1 Å². The molecular formula is C26H32N4O3S. The van der Waals surface area contributed by atoms with E-state index in [4.69, 9.17) is 0 Å². The lowest BCUT2D eigenvalue weighted by Crippen LogP contribution is -2.42. The van der Waals surface area contributed by atoms with Gasteiger partial charge < -0.3 is 15.3 Å². The van der Waals surface area contributed by atoms with Crippen molar-refractivity contribution in [1.29, 1.82) is 5.26 Å². The molecule has 7 nitrogen and oxygen atoms in total. The quantitative estimate of drug-likeness (QED) is 0.632. The number of likely N-dealkylation sites (tertiary alicyclic amines) is 1. The Morgan fingerprint density at radius 3 is 2.82 bits per heavy atom. The summed E-state index contributed by atoms with van der Waals surface area (Å²) in [6.45, 7) is 5.55. The molecule has 2 fully saturated rings. The first-order valence-corrected chi connectivity index (χ1v) is 13.0. The van der Waals surface area contributed by atoms with Crippen LogP contribution in [0.15, 0.2) is 29.1 Å². The van der Waals surface area contributed by atoms with Gasteiger partial charge in [-0.15, -0.1) is 11.3 Å². The van der Waals surface area contributed by atoms with Crippen molar-refractivity contribution in [3.8, 4) is 6.07 Å². The summed E-state index contributed by atoms with van der Waals surface area (Å²) in [5.74, 6) is 0.499. The van der Waals surface area contributed by atoms with E-state index < -0.39 is 11.5 Å². The van der Waals surface area contributed by atoms with Crippen LogP contribution in [0.1, 0.15) is 44.6 Å². The van der Waals surface area contributed by atoms with Crippen LogP contribution in [-0.4, -0.2) is 40.2 Å². The van der Waals surface area contributed by atoms with Crippen LogP contribution in [0.3, 0.4) is 0 Å². The largest absolute Gasteiger partial charge is 0.477 e. The minimum absolute atomic E-state index is 0.172. The molecule has 4 rings (SSSR count). The Balaban J connectivity index is 1.45. The maximum absolute atomic E-state index is 12.7. The highest BCUT2D eigenvalue weighted by molar-refractivity contribution is 7.07. The first kappa shape index (κ1) is 24.2. The summed E-state index contributed by atoms with van der Waals surface area (Å²) in [6.07, 6.45) is 9.54. The first-order chi connectivity index (χ1) is 16.5. The molecule has 2 aromatic rings. The number of piperidine rings is 1. The number of carboxylic acid groups (broad SMARTS) is 1. The zero-order valence-corrected chi connectivity index (χ0v) is 20.4. The summed E-state index contributed by atoms with van der Waals surface area (Å²) in [5, 5.41) is 21.7. The molecular weight excluding hydrogens is 448 g/mol. The molecule has 0 spiro atoms. The van der Waals surface area contributed by atoms with Crippen LogP contribution >= 0.6 is 11.3 Å². The predicted octanol–water partition coefficient (Wildman–Crippen LogP) is 2.59. The van der Waals surface area contributed by atoms with E-state index in [1.165, 1.54) is 55.3 Å². The molecule has 0 amide bonds. The summed E-state index contributed by atoms with van der Waals surface area (Å²) < 4.78 is 1.87. The fourth-order valence-electron chi connectivity index (χ4n) is 5.31. The fourth-order valence-corrected chi connectivity index (χ4v) is 6.39. The molecule has 2 aliphatic rings. The Bertz CT molecular complexity index is 1260. The Kier molecular flexibility index (Phi) is 7.86. The minimum Gasteiger partial charge on any atom is -0.477 e. The molecule has 1 aliphatic heterocycles. The van der Waals surface area contributed by atoms with Crippen molar-refractivity contribution in [1.82, 2.24) is 9.47 Å². The number of hydrogen-bond acceptors (Lipinski definition) is 6. The van der Waals surface area contributed by atoms with E-state index in [0.29, 0.717) is 11.1 Å². The standard InChI is InChI=1S/C26H32N4O3S/c1-2-30-24(31)23(34-25(30)22(15-27)26(32)33)16-28-21-9-5-6-18(14-21)10-12-29-13-11-19-7-3-4-8-20(19)17-29/h5-6,9,14,16,19-20,28H,2-4,7-8,10-13,17H2,1H3,(H,32,33)/b23-16?,25-22-/t19-,20-/m1/s1. The number of carbonyl (C=O) groups is 1. The van der Waals surface area contributed by atoms with Gasteiger partial charge in [0.25, 0.3) is 5.56 Å². The summed E-state index contributed by atoms with van der Waals surface area (Å²) in [6, 6.07) is 9.89. The lowest BCUT2D eigenvalue weighted by Gasteiger charge is -2.41. The number of carboxylic acids is 1. The molecule has 2 atom stereocenters. The maximum atomic E-state index is 12.7. The van der Waals surface area contributed by atoms with Gasteiger partial charge in [0.1, 0.15) is 15.3 Å². The number of aromatic nitrogens is 1. The normalized spacial score (nSPS) is 22.1. The molecule has 1 aromatic heterocycles. The van der Waals surface area contributed by atoms with E-state index in [1.54, 1.807) is 19.2 Å². The van der Waals surface area contributed by atoms with Crippen LogP contribution in [0.25, 0.3) is 11.8 Å². The van der Waals surface area contributed by atoms with E-state index in [0.717, 1.165) is 41.8 Å². The number of anilines is 1. The van der Waals surface area contributed by atoms with Crippen molar-refractivity contribution < 1.29 is 9.90 Å². The predicted molar refractivity (Wildman–Crippen MR) is 135 cm³/mol. The van der Waals surface area contributed by atoms with Gasteiger partial charge in [0.15, 0.2) is 5.57 Å². The monoisotopic (exact) mass is 480 g/mol. The Labute approximate surface area is 203 Å². The summed E-state index contributed by atoms with van der Waals surface area (Å²) in [4.78, 5) is 26.7. The minimum atomic E-state index is -1.33. The van der Waals surface area contributed by atoms with E-state index in [2.05, 4.69) is 22.3 Å². The number of nitriles is 1. The van der Waals surface area contributed by atoms with Crippen molar-refractivity contribution in [3.05, 3.63) is 49.4 Å². The fraction of sp³-hybridized carbons (Fsp3) is 0.500. The van der Waals surface area contributed by atoms with Crippen LogP contribution in [0, 0.1) is 23.2 Å². The average molecular weight is 481 g/mol. The molecule has 0 radical (unpaired) electrons. The SMILES string of the molecule is CCn1c(=O)c(=CNc2cccc(CCN3CC[C@H]4CCCC[C@@H]4C3)c2)s/c1=C(/C#N)C(=O)O. The Morgan fingerprint density at radius 1 is 1.29 bits per heavy atom. The second-order valence-corrected chi connectivity index (χ2v) is 10.3. The molecule has 8 heteroatoms. The highest BCUT2D eigenvalue weighted by Crippen LogP contribution is 2.36. The van der Waals surface area contributed by atoms with Crippen LogP contribution in [0.5, 0.6) is 0 Å². The zero-order chi connectivity index (χ0) is 24.1. The summed E-state index contributed by atoms with van der Waals surface area (Å²) >= 11 is 1.02. The number of rotatable bonds is 7. The Hall–Kier alpha value is -2.89. The van der Waals surface area contributed by atoms with Crippen LogP contribution < -0.4 is 20.1 Å². The Morgan fingerprint density at radius 2 is 2.09 bits per heavy atom. The third-order valence-electron chi connectivity index (χ3n) is 7.15. The van der Waals surface area contributed by atoms with Crippen LogP contribution in [-0.2, 0) is 17.8 Å². The number of aliphatic carboxylic acids is 1. The second-order valence-electron chi connectivity index (χ2n) is 9.25. The van der Waals surface area contributed by atoms with Gasteiger partial charge >= 0.3 is 5.97 Å². The zero-order valence-electron chi connectivity index (χ0n) is 19.6. The topological polar surface area (TPSA) is 98.4 Å². The molecule has 1 aliphatic carbocycles. The number of fused-ring (bicyclic) bond motifs is 1. The lowest BCUT2D eigenvalue weighted by molar-refractivity contribution is -0.130. The van der Waals surface area contributed by atoms with Gasteiger partial charge in [0, 0.05) is 31.5 Å². The number of nitrogens with one attached hydrogen (secondary N) is 1. The number of hydrogen-bond donors (Lipinski definition) is 2. The molecule has 0 bridgehead atoms. The average Bonchev–Trinajstić information content (AvgIpc) is 3.16. The molecule has 1 saturated carbocycles. The number of thiazole rings is 1. The van der Waals surface area contributed by atoms with Gasteiger partial charge in [0.05, 0.1) is 0 Å². The third kappa shape index (κ3) is 5.43. The molecule has 1 aromatic carbocycles. The molecule has 0 unspecified atom stereocenters. The second kappa shape index (κ2) is 11.0. The third-order valence-corrected chi connectivity index (χ3v) is 8.28. The van der Waals surface area contributed by atoms with Gasteiger partial charge in [-0.05, 0) is 62.3 Å². The molecule has 34 heavy (non-hydrogen) atoms. The van der Waals surface area contributed by atoms with Gasteiger partial charge in [-0.1, -0.05) is 31.4 Å². The van der Waals surface area contributed by atoms with Gasteiger partial charge in [-0.3, -0.25) is 9.36 Å². The number of nitrogens with zero attached hydrogens (tertiary/aromatic N) is 3.